The van der Waals surface area contributed by atoms with E-state index in [0.717, 1.165) is 26.5 Å². The fourth-order valence-electron chi connectivity index (χ4n) is 1.99. The van der Waals surface area contributed by atoms with E-state index in [2.05, 4.69) is 31.4 Å². The van der Waals surface area contributed by atoms with Crippen molar-refractivity contribution >= 4 is 33.2 Å². The number of rotatable bonds is 4. The lowest BCUT2D eigenvalue weighted by Gasteiger charge is -2.06. The lowest BCUT2D eigenvalue weighted by molar-refractivity contribution is 0.657. The van der Waals surface area contributed by atoms with Crippen LogP contribution in [0.25, 0.3) is 5.65 Å². The van der Waals surface area contributed by atoms with Crippen LogP contribution in [0.2, 0.25) is 5.02 Å². The summed E-state index contributed by atoms with van der Waals surface area (Å²) < 4.78 is 2.95. The molecule has 0 fully saturated rings. The van der Waals surface area contributed by atoms with Crippen molar-refractivity contribution < 1.29 is 0 Å². The highest BCUT2D eigenvalue weighted by Crippen LogP contribution is 2.21. The number of aromatic nitrogens is 3. The molecule has 0 aliphatic heterocycles. The van der Waals surface area contributed by atoms with Gasteiger partial charge in [0.05, 0.1) is 6.54 Å². The molecular weight excluding hydrogens is 340 g/mol. The normalized spacial score (nSPS) is 11.1. The number of pyridine rings is 1. The van der Waals surface area contributed by atoms with Crippen molar-refractivity contribution in [1.82, 2.24) is 19.9 Å². The molecule has 20 heavy (non-hydrogen) atoms. The second-order valence-electron chi connectivity index (χ2n) is 4.38. The van der Waals surface area contributed by atoms with Gasteiger partial charge in [0.2, 0.25) is 0 Å². The molecule has 6 heteroatoms. The molecule has 0 aliphatic rings. The first kappa shape index (κ1) is 13.5. The SMILES string of the molecule is Clc1cc(Br)ccc1CNCc1nnc2ccccn12. The number of nitrogens with one attached hydrogen (secondary N) is 1. The molecule has 0 atom stereocenters. The average molecular weight is 352 g/mol. The fourth-order valence-corrected chi connectivity index (χ4v) is 2.73. The summed E-state index contributed by atoms with van der Waals surface area (Å²) in [4.78, 5) is 0. The Kier molecular flexibility index (Phi) is 4.00. The highest BCUT2D eigenvalue weighted by atomic mass is 79.9. The number of hydrogen-bond acceptors (Lipinski definition) is 3. The Morgan fingerprint density at radius 3 is 2.90 bits per heavy atom. The maximum absolute atomic E-state index is 6.18. The third kappa shape index (κ3) is 2.85. The molecular formula is C14H12BrClN4. The summed E-state index contributed by atoms with van der Waals surface area (Å²) in [5.74, 6) is 0.883. The highest BCUT2D eigenvalue weighted by Gasteiger charge is 2.05. The maximum atomic E-state index is 6.18. The quantitative estimate of drug-likeness (QED) is 0.783. The first-order valence-electron chi connectivity index (χ1n) is 6.17. The number of halogens is 2. The van der Waals surface area contributed by atoms with Gasteiger partial charge in [-0.25, -0.2) is 0 Å². The second kappa shape index (κ2) is 5.91. The summed E-state index contributed by atoms with van der Waals surface area (Å²) in [6.07, 6.45) is 1.96. The summed E-state index contributed by atoms with van der Waals surface area (Å²) >= 11 is 9.58. The van der Waals surface area contributed by atoms with E-state index in [4.69, 9.17) is 11.6 Å². The van der Waals surface area contributed by atoms with E-state index in [0.29, 0.717) is 13.1 Å². The van der Waals surface area contributed by atoms with E-state index in [1.807, 2.05) is 47.0 Å². The van der Waals surface area contributed by atoms with Gasteiger partial charge in [-0.2, -0.15) is 0 Å². The molecule has 0 unspecified atom stereocenters. The van der Waals surface area contributed by atoms with E-state index >= 15 is 0 Å². The fraction of sp³-hybridized carbons (Fsp3) is 0.143. The molecule has 0 spiro atoms. The number of hydrogen-bond donors (Lipinski definition) is 1. The smallest absolute Gasteiger partial charge is 0.160 e. The summed E-state index contributed by atoms with van der Waals surface area (Å²) in [6, 6.07) is 11.7. The third-order valence-electron chi connectivity index (χ3n) is 3.00. The lowest BCUT2D eigenvalue weighted by atomic mass is 10.2. The lowest BCUT2D eigenvalue weighted by Crippen LogP contribution is -2.15. The number of benzene rings is 1. The van der Waals surface area contributed by atoms with Gasteiger partial charge in [-0.15, -0.1) is 10.2 Å². The van der Waals surface area contributed by atoms with Crippen LogP contribution in [0.1, 0.15) is 11.4 Å². The van der Waals surface area contributed by atoms with Gasteiger partial charge in [0.25, 0.3) is 0 Å². The van der Waals surface area contributed by atoms with Crippen LogP contribution >= 0.6 is 27.5 Å². The Bertz CT molecular complexity index is 741. The summed E-state index contributed by atoms with van der Waals surface area (Å²) in [6.45, 7) is 1.32. The average Bonchev–Trinajstić information content (AvgIpc) is 2.85. The van der Waals surface area contributed by atoms with Gasteiger partial charge in [0, 0.05) is 22.2 Å². The summed E-state index contributed by atoms with van der Waals surface area (Å²) in [5, 5.41) is 12.4. The molecule has 3 rings (SSSR count). The molecule has 0 saturated carbocycles. The zero-order valence-electron chi connectivity index (χ0n) is 10.6. The van der Waals surface area contributed by atoms with E-state index in [-0.39, 0.29) is 0 Å². The zero-order chi connectivity index (χ0) is 13.9. The van der Waals surface area contributed by atoms with E-state index in [9.17, 15) is 0 Å². The highest BCUT2D eigenvalue weighted by molar-refractivity contribution is 9.10. The first-order chi connectivity index (χ1) is 9.74. The zero-order valence-corrected chi connectivity index (χ0v) is 12.9. The van der Waals surface area contributed by atoms with Crippen LogP contribution in [0.3, 0.4) is 0 Å². The molecule has 0 amide bonds. The van der Waals surface area contributed by atoms with Gasteiger partial charge < -0.3 is 5.32 Å². The monoisotopic (exact) mass is 350 g/mol. The van der Waals surface area contributed by atoms with Crippen LogP contribution in [0, 0.1) is 0 Å². The minimum atomic E-state index is 0.636. The molecule has 0 aliphatic carbocycles. The molecule has 1 aromatic carbocycles. The van der Waals surface area contributed by atoms with Crippen molar-refractivity contribution in [2.45, 2.75) is 13.1 Å². The van der Waals surface area contributed by atoms with Crippen molar-refractivity contribution in [2.24, 2.45) is 0 Å². The van der Waals surface area contributed by atoms with Crippen LogP contribution in [-0.2, 0) is 13.1 Å². The predicted molar refractivity (Wildman–Crippen MR) is 82.7 cm³/mol. The van der Waals surface area contributed by atoms with Gasteiger partial charge in [-0.3, -0.25) is 4.40 Å². The number of nitrogens with zero attached hydrogens (tertiary/aromatic N) is 3. The molecule has 102 valence electrons. The van der Waals surface area contributed by atoms with Gasteiger partial charge in [-0.1, -0.05) is 39.7 Å². The minimum Gasteiger partial charge on any atom is -0.306 e. The van der Waals surface area contributed by atoms with Crippen LogP contribution in [-0.4, -0.2) is 14.6 Å². The molecule has 0 saturated heterocycles. The Balaban J connectivity index is 1.68. The first-order valence-corrected chi connectivity index (χ1v) is 7.34. The Hall–Kier alpha value is -1.43. The van der Waals surface area contributed by atoms with Crippen LogP contribution in [0.5, 0.6) is 0 Å². The molecule has 3 aromatic rings. The van der Waals surface area contributed by atoms with E-state index in [1.54, 1.807) is 0 Å². The third-order valence-corrected chi connectivity index (χ3v) is 3.84. The summed E-state index contributed by atoms with van der Waals surface area (Å²) in [5.41, 5.74) is 1.91. The van der Waals surface area contributed by atoms with Gasteiger partial charge in [0.15, 0.2) is 11.5 Å². The van der Waals surface area contributed by atoms with Gasteiger partial charge in [-0.05, 0) is 29.8 Å². The molecule has 4 nitrogen and oxygen atoms in total. The van der Waals surface area contributed by atoms with Crippen molar-refractivity contribution in [3.63, 3.8) is 0 Å². The van der Waals surface area contributed by atoms with Gasteiger partial charge >= 0.3 is 0 Å². The molecule has 2 heterocycles. The van der Waals surface area contributed by atoms with E-state index < -0.39 is 0 Å². The summed E-state index contributed by atoms with van der Waals surface area (Å²) in [7, 11) is 0. The minimum absolute atomic E-state index is 0.636. The van der Waals surface area contributed by atoms with Crippen molar-refractivity contribution in [2.75, 3.05) is 0 Å². The van der Waals surface area contributed by atoms with Crippen LogP contribution < -0.4 is 5.32 Å². The molecule has 1 N–H and O–H groups in total. The van der Waals surface area contributed by atoms with Crippen LogP contribution in [0.15, 0.2) is 47.1 Å². The predicted octanol–water partition coefficient (Wildman–Crippen LogP) is 3.44. The standard InChI is InChI=1S/C14H12BrClN4/c15-11-5-4-10(12(16)7-11)8-17-9-14-19-18-13-3-1-2-6-20(13)14/h1-7,17H,8-9H2. The topological polar surface area (TPSA) is 42.2 Å². The van der Waals surface area contributed by atoms with E-state index in [1.165, 1.54) is 0 Å². The van der Waals surface area contributed by atoms with Crippen molar-refractivity contribution in [1.29, 1.82) is 0 Å². The largest absolute Gasteiger partial charge is 0.306 e. The Labute approximate surface area is 129 Å². The van der Waals surface area contributed by atoms with Crippen molar-refractivity contribution in [3.8, 4) is 0 Å². The Morgan fingerprint density at radius 1 is 1.15 bits per heavy atom. The van der Waals surface area contributed by atoms with Crippen LogP contribution in [0.4, 0.5) is 0 Å². The second-order valence-corrected chi connectivity index (χ2v) is 5.71. The molecule has 0 radical (unpaired) electrons. The molecule has 0 bridgehead atoms. The Morgan fingerprint density at radius 2 is 2.05 bits per heavy atom. The molecule has 2 aromatic heterocycles. The number of fused-ring (bicyclic) bond motifs is 1. The maximum Gasteiger partial charge on any atom is 0.160 e. The van der Waals surface area contributed by atoms with Gasteiger partial charge in [0.1, 0.15) is 0 Å². The van der Waals surface area contributed by atoms with Crippen molar-refractivity contribution in [3.05, 3.63) is 63.5 Å².